The van der Waals surface area contributed by atoms with Crippen LogP contribution in [0.5, 0.6) is 0 Å². The second-order valence-electron chi connectivity index (χ2n) is 7.70. The fourth-order valence-corrected chi connectivity index (χ4v) is 3.58. The highest BCUT2D eigenvalue weighted by molar-refractivity contribution is 7.99. The van der Waals surface area contributed by atoms with E-state index in [-0.39, 0.29) is 29.5 Å². The van der Waals surface area contributed by atoms with E-state index in [1.807, 2.05) is 64.1 Å². The van der Waals surface area contributed by atoms with Crippen LogP contribution in [0.4, 0.5) is 5.69 Å². The summed E-state index contributed by atoms with van der Waals surface area (Å²) < 4.78 is 0. The number of H-pyrrole nitrogens is 1. The van der Waals surface area contributed by atoms with Gasteiger partial charge in [0, 0.05) is 11.3 Å². The van der Waals surface area contributed by atoms with Crippen LogP contribution < -0.4 is 10.6 Å². The van der Waals surface area contributed by atoms with E-state index >= 15 is 0 Å². The molecule has 0 aliphatic rings. The molecule has 1 atom stereocenters. The van der Waals surface area contributed by atoms with Gasteiger partial charge in [0.25, 0.3) is 5.91 Å². The maximum atomic E-state index is 12.5. The van der Waals surface area contributed by atoms with Crippen molar-refractivity contribution in [3.8, 4) is 0 Å². The molecule has 3 aromatic rings. The lowest BCUT2D eigenvalue weighted by Gasteiger charge is -2.19. The Bertz CT molecular complexity index is 1050. The summed E-state index contributed by atoms with van der Waals surface area (Å²) >= 11 is 1.24. The van der Waals surface area contributed by atoms with Crippen molar-refractivity contribution in [2.24, 2.45) is 5.92 Å². The Morgan fingerprint density at radius 2 is 1.81 bits per heavy atom. The number of benzene rings is 2. The summed E-state index contributed by atoms with van der Waals surface area (Å²) in [6.07, 6.45) is 0. The van der Waals surface area contributed by atoms with Gasteiger partial charge in [-0.2, -0.15) is 0 Å². The minimum atomic E-state index is -0.320. The fraction of sp³-hybridized carbons (Fsp3) is 0.304. The number of nitrogens with one attached hydrogen (secondary N) is 3. The largest absolute Gasteiger partial charge is 0.342 e. The van der Waals surface area contributed by atoms with Gasteiger partial charge >= 0.3 is 0 Å². The molecule has 1 heterocycles. The van der Waals surface area contributed by atoms with Gasteiger partial charge in [0.05, 0.1) is 11.8 Å². The number of thioether (sulfide) groups is 1. The van der Waals surface area contributed by atoms with Crippen molar-refractivity contribution >= 4 is 29.3 Å². The first-order valence-corrected chi connectivity index (χ1v) is 11.1. The summed E-state index contributed by atoms with van der Waals surface area (Å²) in [6, 6.07) is 14.5. The molecular weight excluding hydrogens is 410 g/mol. The quantitative estimate of drug-likeness (QED) is 0.457. The average Bonchev–Trinajstić information content (AvgIpc) is 3.22. The van der Waals surface area contributed by atoms with Crippen LogP contribution in [0.25, 0.3) is 0 Å². The zero-order chi connectivity index (χ0) is 22.4. The summed E-state index contributed by atoms with van der Waals surface area (Å²) in [5, 5.41) is 13.5. The van der Waals surface area contributed by atoms with E-state index in [1.54, 1.807) is 12.1 Å². The summed E-state index contributed by atoms with van der Waals surface area (Å²) in [5.41, 5.74) is 3.67. The second-order valence-corrected chi connectivity index (χ2v) is 8.64. The summed E-state index contributed by atoms with van der Waals surface area (Å²) in [7, 11) is 0. The predicted octanol–water partition coefficient (Wildman–Crippen LogP) is 4.28. The van der Waals surface area contributed by atoms with Crippen LogP contribution in [-0.2, 0) is 4.79 Å². The SMILES string of the molecule is Cc1ccc(NC(=O)CSc2n[nH]c(C(NC(=O)c3ccccc3)C(C)C)n2)cc1C. The van der Waals surface area contributed by atoms with Crippen LogP contribution in [0.1, 0.15) is 47.2 Å². The monoisotopic (exact) mass is 437 g/mol. The van der Waals surface area contributed by atoms with Crippen molar-refractivity contribution in [1.82, 2.24) is 20.5 Å². The molecular formula is C23H27N5O2S. The molecule has 31 heavy (non-hydrogen) atoms. The number of nitrogens with zero attached hydrogens (tertiary/aromatic N) is 2. The number of aromatic amines is 1. The van der Waals surface area contributed by atoms with Gasteiger partial charge in [-0.3, -0.25) is 14.7 Å². The molecule has 0 aliphatic heterocycles. The molecule has 7 nitrogen and oxygen atoms in total. The highest BCUT2D eigenvalue weighted by Crippen LogP contribution is 2.22. The molecule has 162 valence electrons. The highest BCUT2D eigenvalue weighted by Gasteiger charge is 2.23. The van der Waals surface area contributed by atoms with Gasteiger partial charge in [-0.1, -0.05) is 49.9 Å². The van der Waals surface area contributed by atoms with Gasteiger partial charge in [-0.25, -0.2) is 4.98 Å². The van der Waals surface area contributed by atoms with Gasteiger partial charge in [-0.15, -0.1) is 5.10 Å². The second kappa shape index (κ2) is 10.3. The molecule has 0 saturated carbocycles. The minimum Gasteiger partial charge on any atom is -0.342 e. The first-order valence-electron chi connectivity index (χ1n) is 10.1. The van der Waals surface area contributed by atoms with E-state index < -0.39 is 0 Å². The molecule has 0 bridgehead atoms. The Hall–Kier alpha value is -3.13. The van der Waals surface area contributed by atoms with E-state index in [1.165, 1.54) is 17.3 Å². The number of anilines is 1. The molecule has 3 rings (SSSR count). The van der Waals surface area contributed by atoms with Crippen molar-refractivity contribution in [2.75, 3.05) is 11.1 Å². The molecule has 2 amide bonds. The van der Waals surface area contributed by atoms with Crippen LogP contribution in [0.2, 0.25) is 0 Å². The van der Waals surface area contributed by atoms with Crippen molar-refractivity contribution in [3.63, 3.8) is 0 Å². The first kappa shape index (κ1) is 22.6. The Balaban J connectivity index is 1.59. The fourth-order valence-electron chi connectivity index (χ4n) is 2.97. The molecule has 0 saturated heterocycles. The number of aryl methyl sites for hydroxylation is 2. The lowest BCUT2D eigenvalue weighted by molar-refractivity contribution is -0.113. The maximum Gasteiger partial charge on any atom is 0.251 e. The molecule has 1 unspecified atom stereocenters. The summed E-state index contributed by atoms with van der Waals surface area (Å²) in [6.45, 7) is 8.05. The van der Waals surface area contributed by atoms with Crippen molar-refractivity contribution in [2.45, 2.75) is 38.9 Å². The Morgan fingerprint density at radius 1 is 1.06 bits per heavy atom. The topological polar surface area (TPSA) is 99.8 Å². The predicted molar refractivity (Wildman–Crippen MR) is 123 cm³/mol. The third-order valence-corrected chi connectivity index (χ3v) is 5.74. The smallest absolute Gasteiger partial charge is 0.251 e. The van der Waals surface area contributed by atoms with Crippen molar-refractivity contribution < 1.29 is 9.59 Å². The Kier molecular flexibility index (Phi) is 7.46. The van der Waals surface area contributed by atoms with Gasteiger partial charge in [0.15, 0.2) is 0 Å². The molecule has 0 fully saturated rings. The van der Waals surface area contributed by atoms with E-state index in [4.69, 9.17) is 0 Å². The average molecular weight is 438 g/mol. The first-order chi connectivity index (χ1) is 14.8. The normalized spacial score (nSPS) is 11.9. The zero-order valence-corrected chi connectivity index (χ0v) is 18.9. The summed E-state index contributed by atoms with van der Waals surface area (Å²) in [5.74, 6) is 0.561. The van der Waals surface area contributed by atoms with Gasteiger partial charge in [-0.05, 0) is 55.2 Å². The van der Waals surface area contributed by atoms with Gasteiger partial charge in [0.1, 0.15) is 5.82 Å². The molecule has 0 spiro atoms. The number of carbonyl (C=O) groups excluding carboxylic acids is 2. The molecule has 3 N–H and O–H groups in total. The number of amides is 2. The van der Waals surface area contributed by atoms with Gasteiger partial charge < -0.3 is 10.6 Å². The van der Waals surface area contributed by atoms with Crippen LogP contribution in [0.3, 0.4) is 0 Å². The summed E-state index contributed by atoms with van der Waals surface area (Å²) in [4.78, 5) is 29.3. The molecule has 0 aliphatic carbocycles. The number of aromatic nitrogens is 3. The number of hydrogen-bond donors (Lipinski definition) is 3. The van der Waals surface area contributed by atoms with E-state index in [0.29, 0.717) is 16.5 Å². The van der Waals surface area contributed by atoms with E-state index in [2.05, 4.69) is 25.8 Å². The third-order valence-electron chi connectivity index (χ3n) is 4.89. The lowest BCUT2D eigenvalue weighted by Crippen LogP contribution is -2.32. The van der Waals surface area contributed by atoms with Crippen LogP contribution in [0, 0.1) is 19.8 Å². The molecule has 2 aromatic carbocycles. The Morgan fingerprint density at radius 3 is 2.48 bits per heavy atom. The highest BCUT2D eigenvalue weighted by atomic mass is 32.2. The Labute approximate surface area is 186 Å². The maximum absolute atomic E-state index is 12.5. The van der Waals surface area contributed by atoms with Crippen LogP contribution in [0.15, 0.2) is 53.7 Å². The van der Waals surface area contributed by atoms with Crippen LogP contribution >= 0.6 is 11.8 Å². The third kappa shape index (κ3) is 6.18. The molecule has 0 radical (unpaired) electrons. The molecule has 8 heteroatoms. The number of rotatable bonds is 8. The standard InChI is InChI=1S/C23H27N5O2S/c1-14(2)20(25-22(30)17-8-6-5-7-9-17)21-26-23(28-27-21)31-13-19(29)24-18-11-10-15(3)16(4)12-18/h5-12,14,20H,13H2,1-4H3,(H,24,29)(H,25,30)(H,26,27,28). The van der Waals surface area contributed by atoms with Crippen LogP contribution in [-0.4, -0.2) is 32.7 Å². The lowest BCUT2D eigenvalue weighted by atomic mass is 10.0. The van der Waals surface area contributed by atoms with Crippen molar-refractivity contribution in [1.29, 1.82) is 0 Å². The van der Waals surface area contributed by atoms with E-state index in [9.17, 15) is 9.59 Å². The van der Waals surface area contributed by atoms with E-state index in [0.717, 1.165) is 11.3 Å². The van der Waals surface area contributed by atoms with Gasteiger partial charge in [0.2, 0.25) is 11.1 Å². The zero-order valence-electron chi connectivity index (χ0n) is 18.1. The minimum absolute atomic E-state index is 0.103. The number of hydrogen-bond acceptors (Lipinski definition) is 5. The van der Waals surface area contributed by atoms with Crippen molar-refractivity contribution in [3.05, 3.63) is 71.0 Å². The number of carbonyl (C=O) groups is 2. The molecule has 1 aromatic heterocycles.